The number of benzene rings is 2. The Balaban J connectivity index is 2.53. The molecule has 3 aromatic rings. The fourth-order valence-electron chi connectivity index (χ4n) is 1.77. The van der Waals surface area contributed by atoms with Crippen LogP contribution in [0.1, 0.15) is 0 Å². The third-order valence-corrected chi connectivity index (χ3v) is 2.69. The molecule has 0 spiro atoms. The summed E-state index contributed by atoms with van der Waals surface area (Å²) in [6.45, 7) is 0. The molecule has 0 aliphatic carbocycles. The van der Waals surface area contributed by atoms with E-state index in [-0.39, 0.29) is 0 Å². The molecular weight excluding hydrogens is 210 g/mol. The summed E-state index contributed by atoms with van der Waals surface area (Å²) >= 11 is 5.94. The van der Waals surface area contributed by atoms with Crippen molar-refractivity contribution in [2.45, 2.75) is 0 Å². The lowest BCUT2D eigenvalue weighted by molar-refractivity contribution is 0.669. The first-order valence-corrected chi connectivity index (χ1v) is 4.99. The van der Waals surface area contributed by atoms with Crippen LogP contribution < -0.4 is 5.73 Å². The largest absolute Gasteiger partial charge is 0.456 e. The zero-order valence-electron chi connectivity index (χ0n) is 7.83. The number of nitrogen functional groups attached to an aromatic ring is 1. The molecule has 3 heteroatoms. The lowest BCUT2D eigenvalue weighted by Gasteiger charge is -1.91. The second-order valence-electron chi connectivity index (χ2n) is 3.50. The molecule has 15 heavy (non-hydrogen) atoms. The molecule has 2 N–H and O–H groups in total. The fourth-order valence-corrected chi connectivity index (χ4v) is 1.94. The molecule has 3 rings (SSSR count). The van der Waals surface area contributed by atoms with Crippen LogP contribution in [0.2, 0.25) is 5.02 Å². The molecule has 74 valence electrons. The van der Waals surface area contributed by atoms with E-state index in [2.05, 4.69) is 0 Å². The molecule has 0 aliphatic rings. The smallest absolute Gasteiger partial charge is 0.137 e. The molecule has 0 amide bonds. The third kappa shape index (κ3) is 1.26. The molecule has 0 saturated carbocycles. The highest BCUT2D eigenvalue weighted by atomic mass is 35.5. The molecular formula is C12H8ClNO. The number of halogens is 1. The van der Waals surface area contributed by atoms with Crippen molar-refractivity contribution >= 4 is 39.2 Å². The van der Waals surface area contributed by atoms with Crippen molar-refractivity contribution in [1.29, 1.82) is 0 Å². The number of fused-ring (bicyclic) bond motifs is 3. The van der Waals surface area contributed by atoms with Gasteiger partial charge >= 0.3 is 0 Å². The van der Waals surface area contributed by atoms with E-state index in [9.17, 15) is 0 Å². The van der Waals surface area contributed by atoms with Crippen molar-refractivity contribution in [1.82, 2.24) is 0 Å². The van der Waals surface area contributed by atoms with Crippen molar-refractivity contribution in [3.05, 3.63) is 41.4 Å². The van der Waals surface area contributed by atoms with Crippen molar-refractivity contribution in [2.24, 2.45) is 0 Å². The van der Waals surface area contributed by atoms with E-state index in [1.165, 1.54) is 0 Å². The highest BCUT2D eigenvalue weighted by Gasteiger charge is 2.06. The monoisotopic (exact) mass is 217 g/mol. The van der Waals surface area contributed by atoms with Crippen LogP contribution in [0, 0.1) is 0 Å². The molecule has 2 nitrogen and oxygen atoms in total. The van der Waals surface area contributed by atoms with Crippen molar-refractivity contribution in [2.75, 3.05) is 5.73 Å². The van der Waals surface area contributed by atoms with Gasteiger partial charge in [-0.25, -0.2) is 0 Å². The predicted octanol–water partition coefficient (Wildman–Crippen LogP) is 3.82. The van der Waals surface area contributed by atoms with E-state index in [1.54, 1.807) is 0 Å². The Morgan fingerprint density at radius 2 is 1.80 bits per heavy atom. The zero-order valence-corrected chi connectivity index (χ0v) is 8.58. The summed E-state index contributed by atoms with van der Waals surface area (Å²) in [5.74, 6) is 0. The number of rotatable bonds is 0. The number of nitrogens with two attached hydrogens (primary N) is 1. The summed E-state index contributed by atoms with van der Waals surface area (Å²) in [4.78, 5) is 0. The molecule has 0 saturated heterocycles. The first-order chi connectivity index (χ1) is 7.24. The minimum Gasteiger partial charge on any atom is -0.456 e. The van der Waals surface area contributed by atoms with Crippen molar-refractivity contribution < 1.29 is 4.42 Å². The van der Waals surface area contributed by atoms with Crippen molar-refractivity contribution in [3.63, 3.8) is 0 Å². The van der Waals surface area contributed by atoms with Crippen LogP contribution in [-0.4, -0.2) is 0 Å². The van der Waals surface area contributed by atoms with Crippen LogP contribution in [-0.2, 0) is 0 Å². The summed E-state index contributed by atoms with van der Waals surface area (Å²) < 4.78 is 5.65. The molecule has 0 aliphatic heterocycles. The molecule has 2 aromatic carbocycles. The second kappa shape index (κ2) is 2.91. The molecule has 0 fully saturated rings. The Hall–Kier alpha value is -1.67. The van der Waals surface area contributed by atoms with Crippen LogP contribution in [0.5, 0.6) is 0 Å². The topological polar surface area (TPSA) is 39.2 Å². The van der Waals surface area contributed by atoms with Gasteiger partial charge in [-0.2, -0.15) is 0 Å². The molecule has 1 heterocycles. The third-order valence-electron chi connectivity index (χ3n) is 2.46. The minimum absolute atomic E-state index is 0.702. The Kier molecular flexibility index (Phi) is 1.67. The van der Waals surface area contributed by atoms with Gasteiger partial charge < -0.3 is 10.2 Å². The molecule has 0 unspecified atom stereocenters. The second-order valence-corrected chi connectivity index (χ2v) is 3.93. The van der Waals surface area contributed by atoms with Gasteiger partial charge in [0, 0.05) is 27.5 Å². The lowest BCUT2D eigenvalue weighted by atomic mass is 10.1. The van der Waals surface area contributed by atoms with Gasteiger partial charge in [0.2, 0.25) is 0 Å². The standard InChI is InChI=1S/C12H8ClNO/c13-7-1-4-11-10(5-7)9-3-2-8(14)6-12(9)15-11/h1-6H,14H2. The maximum atomic E-state index is 5.94. The van der Waals surface area contributed by atoms with Crippen LogP contribution in [0.3, 0.4) is 0 Å². The van der Waals surface area contributed by atoms with Crippen LogP contribution in [0.4, 0.5) is 5.69 Å². The lowest BCUT2D eigenvalue weighted by Crippen LogP contribution is -1.81. The van der Waals surface area contributed by atoms with E-state index in [1.807, 2.05) is 36.4 Å². The van der Waals surface area contributed by atoms with Gasteiger partial charge in [-0.15, -0.1) is 0 Å². The van der Waals surface area contributed by atoms with E-state index >= 15 is 0 Å². The fraction of sp³-hybridized carbons (Fsp3) is 0. The van der Waals surface area contributed by atoms with E-state index < -0.39 is 0 Å². The van der Waals surface area contributed by atoms with Gasteiger partial charge in [0.1, 0.15) is 11.2 Å². The molecule has 0 radical (unpaired) electrons. The Morgan fingerprint density at radius 3 is 2.67 bits per heavy atom. The number of hydrogen-bond acceptors (Lipinski definition) is 2. The van der Waals surface area contributed by atoms with Crippen LogP contribution in [0.25, 0.3) is 21.9 Å². The Bertz CT molecular complexity index is 657. The number of anilines is 1. The average Bonchev–Trinajstić information content (AvgIpc) is 2.54. The van der Waals surface area contributed by atoms with Crippen molar-refractivity contribution in [3.8, 4) is 0 Å². The van der Waals surface area contributed by atoms with Gasteiger partial charge in [0.25, 0.3) is 0 Å². The van der Waals surface area contributed by atoms with Gasteiger partial charge in [-0.05, 0) is 30.3 Å². The molecule has 1 aromatic heterocycles. The van der Waals surface area contributed by atoms with Crippen LogP contribution >= 0.6 is 11.6 Å². The van der Waals surface area contributed by atoms with E-state index in [0.29, 0.717) is 10.7 Å². The number of furan rings is 1. The summed E-state index contributed by atoms with van der Waals surface area (Å²) in [5, 5.41) is 2.78. The van der Waals surface area contributed by atoms with Crippen LogP contribution in [0.15, 0.2) is 40.8 Å². The van der Waals surface area contributed by atoms with E-state index in [0.717, 1.165) is 21.9 Å². The normalized spacial score (nSPS) is 11.3. The predicted molar refractivity (Wildman–Crippen MR) is 63.1 cm³/mol. The maximum absolute atomic E-state index is 5.94. The summed E-state index contributed by atoms with van der Waals surface area (Å²) in [6, 6.07) is 11.2. The SMILES string of the molecule is Nc1ccc2c(c1)oc1ccc(Cl)cc12. The Labute approximate surface area is 91.2 Å². The first kappa shape index (κ1) is 8.62. The van der Waals surface area contributed by atoms with Gasteiger partial charge in [0.05, 0.1) is 0 Å². The summed E-state index contributed by atoms with van der Waals surface area (Å²) in [7, 11) is 0. The molecule has 0 bridgehead atoms. The van der Waals surface area contributed by atoms with E-state index in [4.69, 9.17) is 21.8 Å². The van der Waals surface area contributed by atoms with Gasteiger partial charge in [-0.1, -0.05) is 11.6 Å². The minimum atomic E-state index is 0.702. The summed E-state index contributed by atoms with van der Waals surface area (Å²) in [5.41, 5.74) is 8.02. The quantitative estimate of drug-likeness (QED) is 0.582. The highest BCUT2D eigenvalue weighted by molar-refractivity contribution is 6.31. The van der Waals surface area contributed by atoms with Gasteiger partial charge in [0.15, 0.2) is 0 Å². The first-order valence-electron chi connectivity index (χ1n) is 4.61. The van der Waals surface area contributed by atoms with Gasteiger partial charge in [-0.3, -0.25) is 0 Å². The zero-order chi connectivity index (χ0) is 10.4. The number of hydrogen-bond donors (Lipinski definition) is 1. The molecule has 0 atom stereocenters. The average molecular weight is 218 g/mol. The summed E-state index contributed by atoms with van der Waals surface area (Å²) in [6.07, 6.45) is 0. The highest BCUT2D eigenvalue weighted by Crippen LogP contribution is 2.31. The Morgan fingerprint density at radius 1 is 0.933 bits per heavy atom. The maximum Gasteiger partial charge on any atom is 0.137 e.